The van der Waals surface area contributed by atoms with Gasteiger partial charge in [0.15, 0.2) is 0 Å². The van der Waals surface area contributed by atoms with Crippen LogP contribution in [-0.2, 0) is 9.59 Å². The predicted octanol–water partition coefficient (Wildman–Crippen LogP) is 4.99. The molecule has 3 amide bonds. The van der Waals surface area contributed by atoms with Crippen LogP contribution in [0.15, 0.2) is 42.5 Å². The smallest absolute Gasteiger partial charge is 0.261 e. The lowest BCUT2D eigenvalue weighted by molar-refractivity contribution is -0.119. The van der Waals surface area contributed by atoms with Crippen LogP contribution in [-0.4, -0.2) is 37.4 Å². The number of hydrogen-bond acceptors (Lipinski definition) is 4. The molecule has 1 N–H and O–H groups in total. The molecule has 0 bridgehead atoms. The van der Waals surface area contributed by atoms with Crippen molar-refractivity contribution in [2.45, 2.75) is 25.7 Å². The number of anilines is 2. The van der Waals surface area contributed by atoms with E-state index in [1.54, 1.807) is 15.9 Å². The van der Waals surface area contributed by atoms with Crippen molar-refractivity contribution in [2.24, 2.45) is 5.92 Å². The summed E-state index contributed by atoms with van der Waals surface area (Å²) in [6, 6.07) is 12.1. The SMILES string of the molecule is O=C(NCC1CC(=O)N(c2ccc(N3CCCCC3=O)cc2)C1)c1cc2cc(Cl)c(F)cc2s1. The number of rotatable bonds is 5. The Labute approximate surface area is 205 Å². The second kappa shape index (κ2) is 9.35. The number of thiophene rings is 1. The molecule has 2 aliphatic heterocycles. The number of carbonyl (C=O) groups excluding carboxylic acids is 3. The van der Waals surface area contributed by atoms with E-state index in [4.69, 9.17) is 11.6 Å². The van der Waals surface area contributed by atoms with Crippen molar-refractivity contribution >= 4 is 62.1 Å². The minimum atomic E-state index is -0.511. The van der Waals surface area contributed by atoms with Gasteiger partial charge in [0, 0.05) is 54.5 Å². The van der Waals surface area contributed by atoms with E-state index in [-0.39, 0.29) is 28.7 Å². The van der Waals surface area contributed by atoms with Crippen molar-refractivity contribution in [3.05, 3.63) is 58.2 Å². The quantitative estimate of drug-likeness (QED) is 0.537. The monoisotopic (exact) mass is 499 g/mol. The molecule has 1 atom stereocenters. The number of benzene rings is 2. The van der Waals surface area contributed by atoms with Crippen LogP contribution in [0.1, 0.15) is 35.4 Å². The molecule has 5 rings (SSSR count). The van der Waals surface area contributed by atoms with Gasteiger partial charge in [-0.05, 0) is 60.7 Å². The van der Waals surface area contributed by atoms with Crippen LogP contribution in [0.5, 0.6) is 0 Å². The number of nitrogens with zero attached hydrogens (tertiary/aromatic N) is 2. The maximum atomic E-state index is 13.7. The molecule has 34 heavy (non-hydrogen) atoms. The molecular formula is C25H23ClFN3O3S. The van der Waals surface area contributed by atoms with E-state index < -0.39 is 5.82 Å². The van der Waals surface area contributed by atoms with Crippen molar-refractivity contribution in [1.82, 2.24) is 5.32 Å². The summed E-state index contributed by atoms with van der Waals surface area (Å²) in [5, 5.41) is 3.65. The molecule has 0 aliphatic carbocycles. The van der Waals surface area contributed by atoms with Gasteiger partial charge in [0.05, 0.1) is 9.90 Å². The van der Waals surface area contributed by atoms with Gasteiger partial charge in [-0.15, -0.1) is 11.3 Å². The van der Waals surface area contributed by atoms with Gasteiger partial charge in [0.1, 0.15) is 5.82 Å². The van der Waals surface area contributed by atoms with E-state index in [1.807, 2.05) is 24.3 Å². The number of halogens is 2. The first-order chi connectivity index (χ1) is 16.4. The highest BCUT2D eigenvalue weighted by Gasteiger charge is 2.31. The molecule has 6 nitrogen and oxygen atoms in total. The van der Waals surface area contributed by atoms with Crippen LogP contribution in [0.4, 0.5) is 15.8 Å². The number of piperidine rings is 1. The normalized spacial score (nSPS) is 18.7. The standard InChI is InChI=1S/C25H23ClFN3O3S/c26-19-10-16-11-22(34-21(16)12-20(19)27)25(33)28-13-15-9-24(32)30(14-15)18-6-4-17(5-7-18)29-8-2-1-3-23(29)31/h4-7,10-12,15H,1-3,8-9,13-14H2,(H,28,33). The van der Waals surface area contributed by atoms with E-state index in [2.05, 4.69) is 5.32 Å². The minimum Gasteiger partial charge on any atom is -0.351 e. The maximum Gasteiger partial charge on any atom is 0.261 e. The fourth-order valence-corrected chi connectivity index (χ4v) is 5.69. The molecule has 0 spiro atoms. The number of amides is 3. The van der Waals surface area contributed by atoms with Gasteiger partial charge in [0.25, 0.3) is 5.91 Å². The minimum absolute atomic E-state index is 0.00743. The second-order valence-electron chi connectivity index (χ2n) is 8.72. The van der Waals surface area contributed by atoms with Gasteiger partial charge < -0.3 is 15.1 Å². The highest BCUT2D eigenvalue weighted by atomic mass is 35.5. The average Bonchev–Trinajstić information content (AvgIpc) is 3.41. The van der Waals surface area contributed by atoms with Gasteiger partial charge in [-0.2, -0.15) is 0 Å². The zero-order chi connectivity index (χ0) is 23.8. The highest BCUT2D eigenvalue weighted by Crippen LogP contribution is 2.31. The van der Waals surface area contributed by atoms with E-state index >= 15 is 0 Å². The first-order valence-electron chi connectivity index (χ1n) is 11.3. The Kier molecular flexibility index (Phi) is 6.27. The third-order valence-corrected chi connectivity index (χ3v) is 7.72. The predicted molar refractivity (Wildman–Crippen MR) is 132 cm³/mol. The molecule has 2 aliphatic rings. The molecule has 3 heterocycles. The lowest BCUT2D eigenvalue weighted by atomic mass is 10.1. The first kappa shape index (κ1) is 22.8. The Hall–Kier alpha value is -2.97. The van der Waals surface area contributed by atoms with Gasteiger partial charge >= 0.3 is 0 Å². The molecule has 1 aromatic heterocycles. The van der Waals surface area contributed by atoms with Crippen LogP contribution in [0.3, 0.4) is 0 Å². The molecule has 2 aromatic carbocycles. The maximum absolute atomic E-state index is 13.7. The van der Waals surface area contributed by atoms with Crippen molar-refractivity contribution in [3.8, 4) is 0 Å². The zero-order valence-electron chi connectivity index (χ0n) is 18.4. The average molecular weight is 500 g/mol. The van der Waals surface area contributed by atoms with Crippen LogP contribution in [0, 0.1) is 11.7 Å². The summed E-state index contributed by atoms with van der Waals surface area (Å²) < 4.78 is 14.3. The summed E-state index contributed by atoms with van der Waals surface area (Å²) in [5.74, 6) is -0.629. The van der Waals surface area contributed by atoms with Crippen LogP contribution < -0.4 is 15.1 Å². The second-order valence-corrected chi connectivity index (χ2v) is 10.2. The number of carbonyl (C=O) groups is 3. The van der Waals surface area contributed by atoms with Gasteiger partial charge in [-0.25, -0.2) is 4.39 Å². The Bertz CT molecular complexity index is 1240. The van der Waals surface area contributed by atoms with Crippen LogP contribution >= 0.6 is 22.9 Å². The highest BCUT2D eigenvalue weighted by molar-refractivity contribution is 7.20. The van der Waals surface area contributed by atoms with Gasteiger partial charge in [-0.3, -0.25) is 14.4 Å². The topological polar surface area (TPSA) is 69.7 Å². The lowest BCUT2D eigenvalue weighted by Gasteiger charge is -2.27. The van der Waals surface area contributed by atoms with Gasteiger partial charge in [0.2, 0.25) is 11.8 Å². The molecule has 2 saturated heterocycles. The summed E-state index contributed by atoms with van der Waals surface area (Å²) in [5.41, 5.74) is 1.64. The summed E-state index contributed by atoms with van der Waals surface area (Å²) in [6.07, 6.45) is 2.85. The summed E-state index contributed by atoms with van der Waals surface area (Å²) in [6.45, 7) is 1.60. The molecule has 0 saturated carbocycles. The fraction of sp³-hybridized carbons (Fsp3) is 0.320. The Morgan fingerprint density at radius 1 is 1.06 bits per heavy atom. The van der Waals surface area contributed by atoms with E-state index in [9.17, 15) is 18.8 Å². The van der Waals surface area contributed by atoms with Crippen LogP contribution in [0.25, 0.3) is 10.1 Å². The van der Waals surface area contributed by atoms with Gasteiger partial charge in [-0.1, -0.05) is 11.6 Å². The van der Waals surface area contributed by atoms with Crippen molar-refractivity contribution in [1.29, 1.82) is 0 Å². The summed E-state index contributed by atoms with van der Waals surface area (Å²) >= 11 is 7.04. The molecule has 1 unspecified atom stereocenters. The molecule has 0 radical (unpaired) electrons. The van der Waals surface area contributed by atoms with E-state index in [0.29, 0.717) is 35.5 Å². The first-order valence-corrected chi connectivity index (χ1v) is 12.5. The van der Waals surface area contributed by atoms with Crippen molar-refractivity contribution in [2.75, 3.05) is 29.4 Å². The molecular weight excluding hydrogens is 477 g/mol. The Morgan fingerprint density at radius 3 is 2.53 bits per heavy atom. The third kappa shape index (κ3) is 4.52. The lowest BCUT2D eigenvalue weighted by Crippen LogP contribution is -2.35. The number of hydrogen-bond donors (Lipinski definition) is 1. The Morgan fingerprint density at radius 2 is 1.79 bits per heavy atom. The molecule has 2 fully saturated rings. The summed E-state index contributed by atoms with van der Waals surface area (Å²) in [7, 11) is 0. The Balaban J connectivity index is 1.20. The molecule has 9 heteroatoms. The largest absolute Gasteiger partial charge is 0.351 e. The number of nitrogens with one attached hydrogen (secondary N) is 1. The van der Waals surface area contributed by atoms with E-state index in [1.165, 1.54) is 23.5 Å². The number of fused-ring (bicyclic) bond motifs is 1. The summed E-state index contributed by atoms with van der Waals surface area (Å²) in [4.78, 5) is 41.4. The zero-order valence-corrected chi connectivity index (χ0v) is 19.9. The van der Waals surface area contributed by atoms with Crippen LogP contribution in [0.2, 0.25) is 5.02 Å². The molecule has 3 aromatic rings. The third-order valence-electron chi connectivity index (χ3n) is 6.34. The van der Waals surface area contributed by atoms with E-state index in [0.717, 1.165) is 36.1 Å². The fourth-order valence-electron chi connectivity index (χ4n) is 4.53. The van der Waals surface area contributed by atoms with Crippen molar-refractivity contribution < 1.29 is 18.8 Å². The molecule has 176 valence electrons. The van der Waals surface area contributed by atoms with Crippen molar-refractivity contribution in [3.63, 3.8) is 0 Å².